The van der Waals surface area contributed by atoms with Crippen LogP contribution in [-0.4, -0.2) is 0 Å². The zero-order valence-electron chi connectivity index (χ0n) is 7.26. The molecule has 0 amide bonds. The summed E-state index contributed by atoms with van der Waals surface area (Å²) in [7, 11) is 0. The molecule has 0 aliphatic heterocycles. The molecule has 1 heteroatoms. The molecule has 0 spiro atoms. The van der Waals surface area contributed by atoms with Crippen LogP contribution >= 0.6 is 11.6 Å². The van der Waals surface area contributed by atoms with E-state index in [9.17, 15) is 0 Å². The maximum Gasteiger partial charge on any atom is 0.0869 e. The summed E-state index contributed by atoms with van der Waals surface area (Å²) in [6.07, 6.45) is 2.66. The first-order chi connectivity index (χ1) is 5.73. The van der Waals surface area contributed by atoms with E-state index in [1.54, 1.807) is 6.08 Å². The van der Waals surface area contributed by atoms with Gasteiger partial charge in [0.2, 0.25) is 0 Å². The van der Waals surface area contributed by atoms with E-state index in [4.69, 9.17) is 11.6 Å². The summed E-state index contributed by atoms with van der Waals surface area (Å²) >= 11 is 6.32. The van der Waals surface area contributed by atoms with Crippen LogP contribution in [-0.2, 0) is 4.87 Å². The van der Waals surface area contributed by atoms with Crippen molar-refractivity contribution in [2.24, 2.45) is 0 Å². The number of alkyl halides is 1. The molecule has 0 saturated carbocycles. The minimum absolute atomic E-state index is 0.388. The maximum absolute atomic E-state index is 6.32. The zero-order valence-corrected chi connectivity index (χ0v) is 8.01. The third kappa shape index (κ3) is 1.70. The zero-order chi connectivity index (χ0) is 9.03. The molecule has 0 radical (unpaired) electrons. The fraction of sp³-hybridized carbons (Fsp3) is 0.273. The largest absolute Gasteiger partial charge is 0.110 e. The molecule has 12 heavy (non-hydrogen) atoms. The van der Waals surface area contributed by atoms with Gasteiger partial charge in [-0.3, -0.25) is 0 Å². The number of hydrogen-bond acceptors (Lipinski definition) is 0. The Morgan fingerprint density at radius 2 is 2.00 bits per heavy atom. The Balaban J connectivity index is 3.03. The average Bonchev–Trinajstić information content (AvgIpc) is 2.18. The topological polar surface area (TPSA) is 0 Å². The number of allylic oxidation sites excluding steroid dienone is 1. The number of rotatable bonds is 3. The minimum Gasteiger partial charge on any atom is -0.110 e. The molecule has 64 valence electrons. The quantitative estimate of drug-likeness (QED) is 0.492. The Morgan fingerprint density at radius 3 is 2.42 bits per heavy atom. The Morgan fingerprint density at radius 1 is 1.42 bits per heavy atom. The molecule has 0 N–H and O–H groups in total. The van der Waals surface area contributed by atoms with Crippen molar-refractivity contribution in [3.05, 3.63) is 48.6 Å². The lowest BCUT2D eigenvalue weighted by molar-refractivity contribution is 0.725. The van der Waals surface area contributed by atoms with Gasteiger partial charge in [-0.25, -0.2) is 0 Å². The molecule has 1 unspecified atom stereocenters. The molecule has 0 fully saturated rings. The van der Waals surface area contributed by atoms with Crippen LogP contribution in [0, 0.1) is 0 Å². The first-order valence-electron chi connectivity index (χ1n) is 4.11. The lowest BCUT2D eigenvalue weighted by atomic mass is 9.96. The Kier molecular flexibility index (Phi) is 2.93. The maximum atomic E-state index is 6.32. The Bertz CT molecular complexity index is 253. The van der Waals surface area contributed by atoms with Gasteiger partial charge in [0.1, 0.15) is 0 Å². The summed E-state index contributed by atoms with van der Waals surface area (Å²) in [6, 6.07) is 10.0. The molecule has 0 aliphatic rings. The van der Waals surface area contributed by atoms with Gasteiger partial charge < -0.3 is 0 Å². The Labute approximate surface area is 78.9 Å². The fourth-order valence-electron chi connectivity index (χ4n) is 1.18. The van der Waals surface area contributed by atoms with Crippen molar-refractivity contribution in [2.75, 3.05) is 0 Å². The van der Waals surface area contributed by atoms with Gasteiger partial charge in [0, 0.05) is 0 Å². The van der Waals surface area contributed by atoms with Crippen LogP contribution in [0.3, 0.4) is 0 Å². The first kappa shape index (κ1) is 9.34. The van der Waals surface area contributed by atoms with Crippen LogP contribution in [0.25, 0.3) is 0 Å². The molecule has 0 saturated heterocycles. The number of halogens is 1. The van der Waals surface area contributed by atoms with Crippen molar-refractivity contribution >= 4 is 11.6 Å². The average molecular weight is 181 g/mol. The first-order valence-corrected chi connectivity index (χ1v) is 4.49. The summed E-state index contributed by atoms with van der Waals surface area (Å²) in [5.74, 6) is 0. The summed E-state index contributed by atoms with van der Waals surface area (Å²) in [5.41, 5.74) is 1.11. The van der Waals surface area contributed by atoms with Crippen LogP contribution in [0.2, 0.25) is 0 Å². The normalized spacial score (nSPS) is 15.2. The number of benzene rings is 1. The standard InChI is InChI=1S/C11H13Cl/c1-3-11(12,4-2)10-8-6-5-7-9-10/h3,5-9H,1,4H2,2H3. The highest BCUT2D eigenvalue weighted by atomic mass is 35.5. The van der Waals surface area contributed by atoms with Gasteiger partial charge in [0.05, 0.1) is 4.87 Å². The van der Waals surface area contributed by atoms with Crippen molar-refractivity contribution in [1.82, 2.24) is 0 Å². The lowest BCUT2D eigenvalue weighted by Gasteiger charge is -2.21. The van der Waals surface area contributed by atoms with Gasteiger partial charge >= 0.3 is 0 Å². The molecular formula is C11H13Cl. The lowest BCUT2D eigenvalue weighted by Crippen LogP contribution is -2.12. The minimum atomic E-state index is -0.388. The van der Waals surface area contributed by atoms with Crippen LogP contribution in [0.5, 0.6) is 0 Å². The third-order valence-corrected chi connectivity index (χ3v) is 2.73. The van der Waals surface area contributed by atoms with Gasteiger partial charge in [-0.1, -0.05) is 43.3 Å². The van der Waals surface area contributed by atoms with Crippen molar-refractivity contribution in [1.29, 1.82) is 0 Å². The molecule has 0 aromatic heterocycles. The van der Waals surface area contributed by atoms with Crippen molar-refractivity contribution in [3.63, 3.8) is 0 Å². The summed E-state index contributed by atoms with van der Waals surface area (Å²) in [5, 5.41) is 0. The molecule has 1 aromatic rings. The molecule has 0 nitrogen and oxygen atoms in total. The summed E-state index contributed by atoms with van der Waals surface area (Å²) < 4.78 is 0. The highest BCUT2D eigenvalue weighted by Crippen LogP contribution is 2.33. The van der Waals surface area contributed by atoms with Crippen LogP contribution in [0.15, 0.2) is 43.0 Å². The molecule has 0 aliphatic carbocycles. The van der Waals surface area contributed by atoms with E-state index in [2.05, 4.69) is 13.5 Å². The predicted octanol–water partition coefficient (Wildman–Crippen LogP) is 3.72. The second-order valence-electron chi connectivity index (χ2n) is 2.79. The second-order valence-corrected chi connectivity index (χ2v) is 3.46. The molecule has 1 aromatic carbocycles. The molecule has 0 bridgehead atoms. The second kappa shape index (κ2) is 3.77. The number of hydrogen-bond donors (Lipinski definition) is 0. The van der Waals surface area contributed by atoms with E-state index in [0.717, 1.165) is 12.0 Å². The summed E-state index contributed by atoms with van der Waals surface area (Å²) in [6.45, 7) is 5.81. The van der Waals surface area contributed by atoms with Crippen molar-refractivity contribution in [3.8, 4) is 0 Å². The molecule has 0 heterocycles. The van der Waals surface area contributed by atoms with Gasteiger partial charge in [-0.05, 0) is 12.0 Å². The molecule has 1 rings (SSSR count). The van der Waals surface area contributed by atoms with Crippen molar-refractivity contribution < 1.29 is 0 Å². The predicted molar refractivity (Wildman–Crippen MR) is 54.5 cm³/mol. The van der Waals surface area contributed by atoms with E-state index in [1.165, 1.54) is 0 Å². The highest BCUT2D eigenvalue weighted by Gasteiger charge is 2.22. The molecule has 1 atom stereocenters. The third-order valence-electron chi connectivity index (χ3n) is 2.09. The van der Waals surface area contributed by atoms with E-state index < -0.39 is 0 Å². The monoisotopic (exact) mass is 180 g/mol. The summed E-state index contributed by atoms with van der Waals surface area (Å²) in [4.78, 5) is -0.388. The van der Waals surface area contributed by atoms with Gasteiger partial charge in [-0.2, -0.15) is 0 Å². The SMILES string of the molecule is C=CC(Cl)(CC)c1ccccc1. The van der Waals surface area contributed by atoms with Crippen molar-refractivity contribution in [2.45, 2.75) is 18.2 Å². The van der Waals surface area contributed by atoms with Gasteiger partial charge in [0.15, 0.2) is 0 Å². The van der Waals surface area contributed by atoms with Crippen LogP contribution < -0.4 is 0 Å². The Hall–Kier alpha value is -0.750. The molecular weight excluding hydrogens is 168 g/mol. The smallest absolute Gasteiger partial charge is 0.0869 e. The van der Waals surface area contributed by atoms with E-state index in [0.29, 0.717) is 0 Å². The van der Waals surface area contributed by atoms with Gasteiger partial charge in [-0.15, -0.1) is 18.2 Å². The van der Waals surface area contributed by atoms with E-state index in [-0.39, 0.29) is 4.87 Å². The highest BCUT2D eigenvalue weighted by molar-refractivity contribution is 6.25. The van der Waals surface area contributed by atoms with Crippen LogP contribution in [0.4, 0.5) is 0 Å². The fourth-order valence-corrected chi connectivity index (χ4v) is 1.31. The van der Waals surface area contributed by atoms with E-state index >= 15 is 0 Å². The van der Waals surface area contributed by atoms with E-state index in [1.807, 2.05) is 30.3 Å². The van der Waals surface area contributed by atoms with Crippen LogP contribution in [0.1, 0.15) is 18.9 Å². The van der Waals surface area contributed by atoms with Gasteiger partial charge in [0.25, 0.3) is 0 Å².